The number of hydrogen-bond acceptors (Lipinski definition) is 2. The maximum Gasteiger partial charge on any atom is 0.0786 e. The Morgan fingerprint density at radius 2 is 2.33 bits per heavy atom. The molecular weight excluding hydrogens is 168 g/mol. The van der Waals surface area contributed by atoms with Crippen molar-refractivity contribution in [1.29, 1.82) is 0 Å². The Hall–Kier alpha value is -0.440. The van der Waals surface area contributed by atoms with E-state index in [1.807, 2.05) is 11.8 Å². The van der Waals surface area contributed by atoms with Crippen LogP contribution in [0.5, 0.6) is 0 Å². The van der Waals surface area contributed by atoms with E-state index < -0.39 is 0 Å². The molecule has 66 valence electrons. The third-order valence-electron chi connectivity index (χ3n) is 2.18. The second-order valence-corrected chi connectivity index (χ2v) is 4.63. The van der Waals surface area contributed by atoms with Crippen LogP contribution in [0.25, 0.3) is 0 Å². The molecule has 0 aromatic carbocycles. The molecule has 0 spiro atoms. The molecule has 0 radical (unpaired) electrons. The van der Waals surface area contributed by atoms with Crippen LogP contribution in [0.15, 0.2) is 4.90 Å². The SMILES string of the molecule is CC(C)c1n[nH]c2c1SCCC2. The van der Waals surface area contributed by atoms with Crippen LogP contribution in [0.4, 0.5) is 0 Å². The van der Waals surface area contributed by atoms with Crippen LogP contribution < -0.4 is 0 Å². The van der Waals surface area contributed by atoms with Crippen LogP contribution in [-0.2, 0) is 6.42 Å². The van der Waals surface area contributed by atoms with E-state index in [-0.39, 0.29) is 0 Å². The van der Waals surface area contributed by atoms with Crippen molar-refractivity contribution in [2.75, 3.05) is 5.75 Å². The predicted molar refractivity (Wildman–Crippen MR) is 51.7 cm³/mol. The number of thioether (sulfide) groups is 1. The molecule has 2 heterocycles. The number of aromatic amines is 1. The highest BCUT2D eigenvalue weighted by molar-refractivity contribution is 7.99. The molecule has 0 saturated carbocycles. The summed E-state index contributed by atoms with van der Waals surface area (Å²) in [7, 11) is 0. The first-order valence-electron chi connectivity index (χ1n) is 4.49. The van der Waals surface area contributed by atoms with Crippen LogP contribution >= 0.6 is 11.8 Å². The Morgan fingerprint density at radius 3 is 3.08 bits per heavy atom. The lowest BCUT2D eigenvalue weighted by Crippen LogP contribution is -1.98. The monoisotopic (exact) mass is 182 g/mol. The first-order chi connectivity index (χ1) is 5.79. The zero-order chi connectivity index (χ0) is 8.55. The van der Waals surface area contributed by atoms with Gasteiger partial charge in [0.1, 0.15) is 0 Å². The number of aryl methyl sites for hydroxylation is 1. The molecule has 2 nitrogen and oxygen atoms in total. The Morgan fingerprint density at radius 1 is 1.50 bits per heavy atom. The van der Waals surface area contributed by atoms with Gasteiger partial charge in [-0.25, -0.2) is 0 Å². The van der Waals surface area contributed by atoms with Crippen molar-refractivity contribution in [3.05, 3.63) is 11.4 Å². The van der Waals surface area contributed by atoms with Gasteiger partial charge >= 0.3 is 0 Å². The third kappa shape index (κ3) is 1.26. The maximum atomic E-state index is 4.35. The highest BCUT2D eigenvalue weighted by Gasteiger charge is 2.18. The minimum atomic E-state index is 0.551. The molecule has 0 unspecified atom stereocenters. The van der Waals surface area contributed by atoms with Crippen LogP contribution in [0.2, 0.25) is 0 Å². The average molecular weight is 182 g/mol. The molecule has 1 N–H and O–H groups in total. The molecule has 2 rings (SSSR count). The molecule has 1 aliphatic rings. The summed E-state index contributed by atoms with van der Waals surface area (Å²) >= 11 is 1.96. The molecule has 0 bridgehead atoms. The minimum Gasteiger partial charge on any atom is -0.281 e. The molecule has 0 amide bonds. The molecule has 3 heteroatoms. The van der Waals surface area contributed by atoms with Crippen molar-refractivity contribution in [2.45, 2.75) is 37.5 Å². The lowest BCUT2D eigenvalue weighted by atomic mass is 10.1. The van der Waals surface area contributed by atoms with Gasteiger partial charge in [0.15, 0.2) is 0 Å². The number of rotatable bonds is 1. The van der Waals surface area contributed by atoms with E-state index in [4.69, 9.17) is 0 Å². The second-order valence-electron chi connectivity index (χ2n) is 3.52. The highest BCUT2D eigenvalue weighted by atomic mass is 32.2. The fraction of sp³-hybridized carbons (Fsp3) is 0.667. The minimum absolute atomic E-state index is 0.551. The van der Waals surface area contributed by atoms with Crippen molar-refractivity contribution >= 4 is 11.8 Å². The van der Waals surface area contributed by atoms with E-state index >= 15 is 0 Å². The van der Waals surface area contributed by atoms with Gasteiger partial charge < -0.3 is 0 Å². The Balaban J connectivity index is 2.38. The summed E-state index contributed by atoms with van der Waals surface area (Å²) in [6.45, 7) is 4.40. The molecule has 1 aromatic heterocycles. The van der Waals surface area contributed by atoms with E-state index in [1.54, 1.807) is 0 Å². The molecule has 0 saturated heterocycles. The maximum absolute atomic E-state index is 4.35. The van der Waals surface area contributed by atoms with Gasteiger partial charge in [-0.05, 0) is 24.5 Å². The molecular formula is C9H14N2S. The van der Waals surface area contributed by atoms with Gasteiger partial charge in [0, 0.05) is 5.69 Å². The first-order valence-corrected chi connectivity index (χ1v) is 5.47. The summed E-state index contributed by atoms with van der Waals surface area (Å²) in [4.78, 5) is 1.43. The quantitative estimate of drug-likeness (QED) is 0.723. The van der Waals surface area contributed by atoms with Crippen LogP contribution in [0.3, 0.4) is 0 Å². The van der Waals surface area contributed by atoms with Gasteiger partial charge in [-0.1, -0.05) is 13.8 Å². The molecule has 0 atom stereocenters. The topological polar surface area (TPSA) is 28.7 Å². The summed E-state index contributed by atoms with van der Waals surface area (Å²) in [5.74, 6) is 1.81. The van der Waals surface area contributed by atoms with Gasteiger partial charge in [0.2, 0.25) is 0 Å². The van der Waals surface area contributed by atoms with E-state index in [9.17, 15) is 0 Å². The molecule has 12 heavy (non-hydrogen) atoms. The van der Waals surface area contributed by atoms with E-state index in [0.29, 0.717) is 5.92 Å². The molecule has 0 aliphatic carbocycles. The number of fused-ring (bicyclic) bond motifs is 1. The zero-order valence-corrected chi connectivity index (χ0v) is 8.37. The van der Waals surface area contributed by atoms with Gasteiger partial charge in [0.05, 0.1) is 10.6 Å². The van der Waals surface area contributed by atoms with Gasteiger partial charge in [0.25, 0.3) is 0 Å². The van der Waals surface area contributed by atoms with Gasteiger partial charge in [-0.2, -0.15) is 5.10 Å². The number of nitrogens with one attached hydrogen (secondary N) is 1. The highest BCUT2D eigenvalue weighted by Crippen LogP contribution is 2.34. The van der Waals surface area contributed by atoms with Gasteiger partial charge in [-0.15, -0.1) is 11.8 Å². The van der Waals surface area contributed by atoms with Crippen LogP contribution in [0.1, 0.15) is 37.6 Å². The first kappa shape index (κ1) is 8.17. The summed E-state index contributed by atoms with van der Waals surface area (Å²) in [6.07, 6.45) is 2.47. The van der Waals surface area contributed by atoms with E-state index in [2.05, 4.69) is 24.0 Å². The fourth-order valence-electron chi connectivity index (χ4n) is 1.53. The lowest BCUT2D eigenvalue weighted by Gasteiger charge is -2.11. The number of nitrogens with zero attached hydrogens (tertiary/aromatic N) is 1. The number of H-pyrrole nitrogens is 1. The second kappa shape index (κ2) is 3.13. The van der Waals surface area contributed by atoms with Crippen molar-refractivity contribution in [3.63, 3.8) is 0 Å². The van der Waals surface area contributed by atoms with Crippen molar-refractivity contribution < 1.29 is 0 Å². The van der Waals surface area contributed by atoms with Gasteiger partial charge in [-0.3, -0.25) is 5.10 Å². The Labute approximate surface area is 77.1 Å². The molecule has 0 fully saturated rings. The zero-order valence-electron chi connectivity index (χ0n) is 7.55. The summed E-state index contributed by atoms with van der Waals surface area (Å²) in [6, 6.07) is 0. The van der Waals surface area contributed by atoms with Crippen LogP contribution in [-0.4, -0.2) is 16.0 Å². The number of aromatic nitrogens is 2. The smallest absolute Gasteiger partial charge is 0.0786 e. The van der Waals surface area contributed by atoms with Crippen molar-refractivity contribution in [1.82, 2.24) is 10.2 Å². The summed E-state index contributed by atoms with van der Waals surface area (Å²) in [5.41, 5.74) is 2.62. The average Bonchev–Trinajstić information content (AvgIpc) is 2.47. The van der Waals surface area contributed by atoms with E-state index in [0.717, 1.165) is 0 Å². The Bertz CT molecular complexity index is 278. The van der Waals surface area contributed by atoms with Crippen molar-refractivity contribution in [3.8, 4) is 0 Å². The summed E-state index contributed by atoms with van der Waals surface area (Å²) in [5, 5.41) is 7.49. The summed E-state index contributed by atoms with van der Waals surface area (Å²) < 4.78 is 0. The lowest BCUT2D eigenvalue weighted by molar-refractivity contribution is 0.794. The standard InChI is InChI=1S/C9H14N2S/c1-6(2)8-9-7(10-11-8)4-3-5-12-9/h6H,3-5H2,1-2H3,(H,10,11). The third-order valence-corrected chi connectivity index (χ3v) is 3.42. The van der Waals surface area contributed by atoms with E-state index in [1.165, 1.54) is 34.9 Å². The Kier molecular flexibility index (Phi) is 2.13. The van der Waals surface area contributed by atoms with Crippen LogP contribution in [0, 0.1) is 0 Å². The molecule has 1 aliphatic heterocycles. The fourth-order valence-corrected chi connectivity index (χ4v) is 2.77. The largest absolute Gasteiger partial charge is 0.281 e. The number of hydrogen-bond donors (Lipinski definition) is 1. The molecule has 1 aromatic rings. The van der Waals surface area contributed by atoms with Crippen molar-refractivity contribution in [2.24, 2.45) is 0 Å². The predicted octanol–water partition coefficient (Wildman–Crippen LogP) is 2.57. The normalized spacial score (nSPS) is 16.6.